The maximum absolute atomic E-state index is 12.2. The first-order chi connectivity index (χ1) is 16.9. The molecule has 2 amide bonds. The molecule has 0 saturated heterocycles. The molecule has 0 radical (unpaired) electrons. The van der Waals surface area contributed by atoms with Crippen LogP contribution >= 0.6 is 0 Å². The third kappa shape index (κ3) is 8.51. The van der Waals surface area contributed by atoms with E-state index >= 15 is 0 Å². The lowest BCUT2D eigenvalue weighted by molar-refractivity contribution is -0.147. The van der Waals surface area contributed by atoms with Crippen molar-refractivity contribution in [1.82, 2.24) is 0 Å². The van der Waals surface area contributed by atoms with Crippen molar-refractivity contribution < 1.29 is 28.6 Å². The SMILES string of the molecule is COc1ccccc1Oc1ccc(NC(=O)CCCC(=O)OCC(=O)Nc2cccc(C)c2)cc1. The number of nitrogens with one attached hydrogen (secondary N) is 2. The maximum atomic E-state index is 12.2. The van der Waals surface area contributed by atoms with Crippen molar-refractivity contribution >= 4 is 29.2 Å². The van der Waals surface area contributed by atoms with Crippen LogP contribution in [-0.2, 0) is 19.1 Å². The van der Waals surface area contributed by atoms with Crippen molar-refractivity contribution in [2.45, 2.75) is 26.2 Å². The minimum absolute atomic E-state index is 0.0385. The zero-order valence-corrected chi connectivity index (χ0v) is 19.7. The molecule has 8 nitrogen and oxygen atoms in total. The fourth-order valence-electron chi connectivity index (χ4n) is 3.19. The molecule has 0 aromatic heterocycles. The van der Waals surface area contributed by atoms with Crippen molar-refractivity contribution in [1.29, 1.82) is 0 Å². The molecule has 0 unspecified atom stereocenters. The topological polar surface area (TPSA) is 103 Å². The number of hydrogen-bond donors (Lipinski definition) is 2. The van der Waals surface area contributed by atoms with Crippen molar-refractivity contribution in [2.24, 2.45) is 0 Å². The lowest BCUT2D eigenvalue weighted by Gasteiger charge is -2.11. The largest absolute Gasteiger partial charge is 0.493 e. The molecule has 2 N–H and O–H groups in total. The van der Waals surface area contributed by atoms with E-state index in [4.69, 9.17) is 14.2 Å². The van der Waals surface area contributed by atoms with Gasteiger partial charge in [0, 0.05) is 24.2 Å². The highest BCUT2D eigenvalue weighted by atomic mass is 16.5. The number of carbonyl (C=O) groups excluding carboxylic acids is 3. The average molecular weight is 477 g/mol. The van der Waals surface area contributed by atoms with Gasteiger partial charge in [-0.1, -0.05) is 24.3 Å². The zero-order chi connectivity index (χ0) is 25.0. The Kier molecular flexibility index (Phi) is 9.24. The highest BCUT2D eigenvalue weighted by Gasteiger charge is 2.10. The van der Waals surface area contributed by atoms with E-state index in [-0.39, 0.29) is 25.4 Å². The maximum Gasteiger partial charge on any atom is 0.306 e. The molecule has 0 atom stereocenters. The number of hydrogen-bond acceptors (Lipinski definition) is 6. The van der Waals surface area contributed by atoms with Crippen LogP contribution in [0.15, 0.2) is 72.8 Å². The lowest BCUT2D eigenvalue weighted by atomic mass is 10.2. The Morgan fingerprint density at radius 1 is 0.771 bits per heavy atom. The van der Waals surface area contributed by atoms with Gasteiger partial charge in [-0.25, -0.2) is 0 Å². The number of anilines is 2. The van der Waals surface area contributed by atoms with Gasteiger partial charge >= 0.3 is 5.97 Å². The molecule has 0 saturated carbocycles. The molecular weight excluding hydrogens is 448 g/mol. The molecule has 0 fully saturated rings. The summed E-state index contributed by atoms with van der Waals surface area (Å²) in [5, 5.41) is 5.44. The van der Waals surface area contributed by atoms with Crippen molar-refractivity contribution in [3.8, 4) is 17.2 Å². The summed E-state index contributed by atoms with van der Waals surface area (Å²) in [6.45, 7) is 1.54. The van der Waals surface area contributed by atoms with E-state index in [9.17, 15) is 14.4 Å². The lowest BCUT2D eigenvalue weighted by Crippen LogP contribution is -2.21. The Morgan fingerprint density at radius 3 is 2.20 bits per heavy atom. The van der Waals surface area contributed by atoms with Crippen LogP contribution in [-0.4, -0.2) is 31.5 Å². The van der Waals surface area contributed by atoms with Gasteiger partial charge in [-0.3, -0.25) is 14.4 Å². The number of rotatable bonds is 11. The number of esters is 1. The van der Waals surface area contributed by atoms with Crippen LogP contribution in [0.1, 0.15) is 24.8 Å². The predicted molar refractivity (Wildman–Crippen MR) is 133 cm³/mol. The van der Waals surface area contributed by atoms with Crippen LogP contribution in [0, 0.1) is 6.92 Å². The average Bonchev–Trinajstić information content (AvgIpc) is 2.84. The summed E-state index contributed by atoms with van der Waals surface area (Å²) < 4.78 is 16.1. The van der Waals surface area contributed by atoms with Gasteiger partial charge < -0.3 is 24.8 Å². The summed E-state index contributed by atoms with van der Waals surface area (Å²) in [7, 11) is 1.57. The molecule has 3 aromatic carbocycles. The normalized spacial score (nSPS) is 10.2. The van der Waals surface area contributed by atoms with Crippen LogP contribution in [0.3, 0.4) is 0 Å². The van der Waals surface area contributed by atoms with Gasteiger partial charge in [-0.15, -0.1) is 0 Å². The van der Waals surface area contributed by atoms with Crippen molar-refractivity contribution in [2.75, 3.05) is 24.4 Å². The fraction of sp³-hybridized carbons (Fsp3) is 0.222. The highest BCUT2D eigenvalue weighted by molar-refractivity contribution is 5.93. The van der Waals surface area contributed by atoms with E-state index in [0.29, 0.717) is 35.0 Å². The molecule has 35 heavy (non-hydrogen) atoms. The monoisotopic (exact) mass is 476 g/mol. The molecule has 0 bridgehead atoms. The van der Waals surface area contributed by atoms with E-state index in [2.05, 4.69) is 10.6 Å². The van der Waals surface area contributed by atoms with Crippen LogP contribution in [0.2, 0.25) is 0 Å². The first kappa shape index (κ1) is 25.3. The van der Waals surface area contributed by atoms with Gasteiger partial charge in [0.15, 0.2) is 18.1 Å². The van der Waals surface area contributed by atoms with Gasteiger partial charge in [0.1, 0.15) is 5.75 Å². The highest BCUT2D eigenvalue weighted by Crippen LogP contribution is 2.31. The molecule has 3 rings (SSSR count). The summed E-state index contributed by atoms with van der Waals surface area (Å²) in [5.41, 5.74) is 2.26. The Hall–Kier alpha value is -4.33. The fourth-order valence-corrected chi connectivity index (χ4v) is 3.19. The summed E-state index contributed by atoms with van der Waals surface area (Å²) in [5.74, 6) is 0.631. The summed E-state index contributed by atoms with van der Waals surface area (Å²) in [6, 6.07) is 21.6. The second-order valence-electron chi connectivity index (χ2n) is 7.76. The van der Waals surface area contributed by atoms with Crippen LogP contribution in [0.25, 0.3) is 0 Å². The van der Waals surface area contributed by atoms with Crippen molar-refractivity contribution in [3.63, 3.8) is 0 Å². The quantitative estimate of drug-likeness (QED) is 0.374. The number of aryl methyl sites for hydroxylation is 1. The zero-order valence-electron chi connectivity index (χ0n) is 19.7. The molecule has 0 aliphatic heterocycles. The molecular formula is C27H28N2O6. The van der Waals surface area contributed by atoms with E-state index in [0.717, 1.165) is 5.56 Å². The standard InChI is InChI=1S/C27H28N2O6/c1-19-7-5-8-21(17-19)29-26(31)18-34-27(32)12-6-11-25(30)28-20-13-15-22(16-14-20)35-24-10-4-3-9-23(24)33-2/h3-5,7-10,13-17H,6,11-12,18H2,1-2H3,(H,28,30)(H,29,31). The second-order valence-corrected chi connectivity index (χ2v) is 7.76. The molecule has 0 aliphatic carbocycles. The van der Waals surface area contributed by atoms with E-state index in [1.807, 2.05) is 37.3 Å². The summed E-state index contributed by atoms with van der Waals surface area (Å²) in [4.78, 5) is 35.9. The van der Waals surface area contributed by atoms with E-state index < -0.39 is 11.9 Å². The first-order valence-corrected chi connectivity index (χ1v) is 11.2. The number of para-hydroxylation sites is 2. The molecule has 0 spiro atoms. The smallest absolute Gasteiger partial charge is 0.306 e. The number of ether oxygens (including phenoxy) is 3. The molecule has 0 heterocycles. The summed E-state index contributed by atoms with van der Waals surface area (Å²) in [6.07, 6.45) is 0.486. The third-order valence-corrected chi connectivity index (χ3v) is 4.89. The van der Waals surface area contributed by atoms with Crippen LogP contribution in [0.4, 0.5) is 11.4 Å². The number of benzene rings is 3. The first-order valence-electron chi connectivity index (χ1n) is 11.2. The van der Waals surface area contributed by atoms with Crippen LogP contribution < -0.4 is 20.1 Å². The second kappa shape index (κ2) is 12.8. The van der Waals surface area contributed by atoms with Gasteiger partial charge in [-0.2, -0.15) is 0 Å². The molecule has 0 aliphatic rings. The Labute approximate surface area is 204 Å². The van der Waals surface area contributed by atoms with Gasteiger partial charge in [0.2, 0.25) is 5.91 Å². The predicted octanol–water partition coefficient (Wildman–Crippen LogP) is 5.09. The molecule has 182 valence electrons. The Bertz CT molecular complexity index is 1160. The number of methoxy groups -OCH3 is 1. The Balaban J connectivity index is 1.34. The molecule has 3 aromatic rings. The Morgan fingerprint density at radius 2 is 1.49 bits per heavy atom. The minimum atomic E-state index is -0.532. The molecule has 8 heteroatoms. The van der Waals surface area contributed by atoms with Crippen LogP contribution in [0.5, 0.6) is 17.2 Å². The van der Waals surface area contributed by atoms with Gasteiger partial charge in [-0.05, 0) is 67.4 Å². The van der Waals surface area contributed by atoms with Gasteiger partial charge in [0.25, 0.3) is 5.91 Å². The van der Waals surface area contributed by atoms with E-state index in [1.165, 1.54) is 0 Å². The number of amides is 2. The van der Waals surface area contributed by atoms with E-state index in [1.54, 1.807) is 49.6 Å². The van der Waals surface area contributed by atoms with Crippen molar-refractivity contribution in [3.05, 3.63) is 78.4 Å². The summed E-state index contributed by atoms with van der Waals surface area (Å²) >= 11 is 0. The van der Waals surface area contributed by atoms with Gasteiger partial charge in [0.05, 0.1) is 7.11 Å². The third-order valence-electron chi connectivity index (χ3n) is 4.89. The number of carbonyl (C=O) groups is 3. The minimum Gasteiger partial charge on any atom is -0.493 e.